The number of aromatic nitrogens is 3. The number of fused-ring (bicyclic) bond motifs is 7. The largest absolute Gasteiger partial charge is 0.459 e. The Labute approximate surface area is 287 Å². The quantitative estimate of drug-likeness (QED) is 0.197. The third kappa shape index (κ3) is 4.83. The second-order valence-electron chi connectivity index (χ2n) is 18.6. The molecule has 0 aliphatic heterocycles. The molecule has 0 radical (unpaired) electrons. The fourth-order valence-electron chi connectivity index (χ4n) is 12.2. The number of carbonyl (C=O) groups is 2. The van der Waals surface area contributed by atoms with Gasteiger partial charge in [-0.3, -0.25) is 9.59 Å². The predicted molar refractivity (Wildman–Crippen MR) is 186 cm³/mol. The van der Waals surface area contributed by atoms with Crippen molar-refractivity contribution in [1.82, 2.24) is 15.0 Å². The van der Waals surface area contributed by atoms with E-state index < -0.39 is 5.41 Å². The summed E-state index contributed by atoms with van der Waals surface area (Å²) in [6.07, 6.45) is 14.3. The molecular formula is C41H57N3O4. The Balaban J connectivity index is 1.16. The molecule has 0 amide bonds. The normalized spacial score (nSPS) is 39.6. The number of aliphatic hydroxyl groups is 1. The van der Waals surface area contributed by atoms with E-state index in [2.05, 4.69) is 64.9 Å². The van der Waals surface area contributed by atoms with E-state index in [9.17, 15) is 14.7 Å². The highest BCUT2D eigenvalue weighted by atomic mass is 16.5. The lowest BCUT2D eigenvalue weighted by molar-refractivity contribution is -0.206. The average Bonchev–Trinajstić information content (AvgIpc) is 3.51. The molecule has 1 heterocycles. The van der Waals surface area contributed by atoms with Crippen LogP contribution in [0, 0.1) is 50.2 Å². The zero-order valence-electron chi connectivity index (χ0n) is 30.6. The Hall–Kier alpha value is -2.80. The van der Waals surface area contributed by atoms with Crippen molar-refractivity contribution in [2.24, 2.45) is 50.2 Å². The molecule has 7 nitrogen and oxygen atoms in total. The number of allylic oxidation sites excluding steroid dienone is 2. The van der Waals surface area contributed by atoms with Crippen LogP contribution in [0.5, 0.6) is 0 Å². The van der Waals surface area contributed by atoms with Crippen LogP contribution >= 0.6 is 0 Å². The Morgan fingerprint density at radius 2 is 1.71 bits per heavy atom. The van der Waals surface area contributed by atoms with Crippen LogP contribution in [0.15, 0.2) is 42.1 Å². The van der Waals surface area contributed by atoms with Crippen LogP contribution in [0.1, 0.15) is 136 Å². The van der Waals surface area contributed by atoms with Gasteiger partial charge in [0, 0.05) is 5.56 Å². The van der Waals surface area contributed by atoms with E-state index in [0.29, 0.717) is 23.1 Å². The number of Topliss-reactive ketones (excluding diaryl/α,β-unsaturated/α-hetero) is 1. The van der Waals surface area contributed by atoms with Gasteiger partial charge in [-0.1, -0.05) is 77.5 Å². The molecule has 260 valence electrons. The van der Waals surface area contributed by atoms with Crippen molar-refractivity contribution in [3.05, 3.63) is 53.4 Å². The molecule has 0 unspecified atom stereocenters. The molecule has 7 heteroatoms. The molecule has 1 N–H and O–H groups in total. The van der Waals surface area contributed by atoms with Gasteiger partial charge in [-0.05, 0) is 128 Å². The smallest absolute Gasteiger partial charge is 0.313 e. The van der Waals surface area contributed by atoms with Crippen molar-refractivity contribution in [1.29, 1.82) is 0 Å². The number of esters is 1. The molecule has 0 saturated heterocycles. The van der Waals surface area contributed by atoms with Crippen LogP contribution in [0.2, 0.25) is 0 Å². The van der Waals surface area contributed by atoms with E-state index in [1.807, 2.05) is 12.1 Å². The third-order valence-corrected chi connectivity index (χ3v) is 15.4. The van der Waals surface area contributed by atoms with Crippen molar-refractivity contribution in [2.75, 3.05) is 0 Å². The van der Waals surface area contributed by atoms with Gasteiger partial charge in [-0.2, -0.15) is 0 Å². The molecule has 1 aromatic heterocycles. The Bertz CT molecular complexity index is 1660. The molecule has 0 bridgehead atoms. The number of ether oxygens (including phenoxy) is 1. The lowest BCUT2D eigenvalue weighted by atomic mass is 9.33. The van der Waals surface area contributed by atoms with Crippen molar-refractivity contribution in [3.63, 3.8) is 0 Å². The average molecular weight is 656 g/mol. The number of hydrogen-bond acceptors (Lipinski definition) is 6. The highest BCUT2D eigenvalue weighted by Crippen LogP contribution is 2.75. The van der Waals surface area contributed by atoms with Gasteiger partial charge in [0.15, 0.2) is 5.78 Å². The molecular weight excluding hydrogens is 598 g/mol. The van der Waals surface area contributed by atoms with Gasteiger partial charge in [0.25, 0.3) is 0 Å². The molecule has 5 aliphatic carbocycles. The number of hydrogen-bond donors (Lipinski definition) is 1. The van der Waals surface area contributed by atoms with Gasteiger partial charge >= 0.3 is 5.97 Å². The molecule has 5 aliphatic rings. The molecule has 48 heavy (non-hydrogen) atoms. The topological polar surface area (TPSA) is 94.3 Å². The summed E-state index contributed by atoms with van der Waals surface area (Å²) in [5.41, 5.74) is 3.45. The zero-order valence-corrected chi connectivity index (χ0v) is 30.6. The standard InChI is InChI=1S/C41H57N3O4/c1-26(45)27-10-9-11-29(22-27)44-24-28(42-43-44)25-48-35(47)41-20-18-36(2,3)23-31(41)30-12-13-33-38(6)16-15-34(46)37(4,5)32(38)14-17-40(33,8)39(30,7)19-21-41/h9-12,22,24,31-34,46H,13-21,23,25H2,1-8H3/t31-,32-,33+,34-,38-,39+,40+,41-/m0/s1. The fraction of sp³-hybridized carbons (Fsp3) is 0.707. The molecule has 7 rings (SSSR count). The van der Waals surface area contributed by atoms with Gasteiger partial charge in [-0.25, -0.2) is 4.68 Å². The summed E-state index contributed by atoms with van der Waals surface area (Å²) in [7, 11) is 0. The minimum atomic E-state index is -0.520. The first kappa shape index (κ1) is 33.7. The number of nitrogens with zero attached hydrogens (tertiary/aromatic N) is 3. The number of carbonyl (C=O) groups excluding carboxylic acids is 2. The first-order valence-electron chi connectivity index (χ1n) is 18.6. The molecule has 0 spiro atoms. The maximum absolute atomic E-state index is 14.5. The van der Waals surface area contributed by atoms with Gasteiger partial charge in [-0.15, -0.1) is 5.10 Å². The summed E-state index contributed by atoms with van der Waals surface area (Å²) in [5, 5.41) is 19.7. The van der Waals surface area contributed by atoms with E-state index >= 15 is 0 Å². The highest BCUT2D eigenvalue weighted by Gasteiger charge is 2.69. The lowest BCUT2D eigenvalue weighted by Gasteiger charge is -2.71. The van der Waals surface area contributed by atoms with Crippen LogP contribution in [0.3, 0.4) is 0 Å². The molecule has 4 fully saturated rings. The number of ketones is 1. The van der Waals surface area contributed by atoms with E-state index in [4.69, 9.17) is 4.74 Å². The van der Waals surface area contributed by atoms with Gasteiger partial charge in [0.2, 0.25) is 0 Å². The summed E-state index contributed by atoms with van der Waals surface area (Å²) in [6, 6.07) is 7.31. The Morgan fingerprint density at radius 3 is 2.46 bits per heavy atom. The van der Waals surface area contributed by atoms with Crippen LogP contribution < -0.4 is 0 Å². The molecule has 4 saturated carbocycles. The second kappa shape index (κ2) is 11.1. The minimum absolute atomic E-state index is 0.00332. The zero-order chi connectivity index (χ0) is 34.5. The minimum Gasteiger partial charge on any atom is -0.459 e. The van der Waals surface area contributed by atoms with Gasteiger partial charge in [0.1, 0.15) is 12.3 Å². The van der Waals surface area contributed by atoms with E-state index in [1.54, 1.807) is 29.9 Å². The molecule has 8 atom stereocenters. The summed E-state index contributed by atoms with van der Waals surface area (Å²) >= 11 is 0. The maximum atomic E-state index is 14.5. The van der Waals surface area contributed by atoms with Crippen LogP contribution in [-0.2, 0) is 16.1 Å². The number of aliphatic hydroxyl groups excluding tert-OH is 1. The predicted octanol–water partition coefficient (Wildman–Crippen LogP) is 8.68. The van der Waals surface area contributed by atoms with E-state index in [0.717, 1.165) is 57.1 Å². The summed E-state index contributed by atoms with van der Waals surface area (Å²) in [6.45, 7) is 18.7. The van der Waals surface area contributed by atoms with Crippen LogP contribution in [0.25, 0.3) is 5.69 Å². The first-order chi connectivity index (χ1) is 22.5. The fourth-order valence-corrected chi connectivity index (χ4v) is 12.2. The Kier molecular flexibility index (Phi) is 7.79. The van der Waals surface area contributed by atoms with Crippen molar-refractivity contribution in [3.8, 4) is 5.69 Å². The van der Waals surface area contributed by atoms with Crippen molar-refractivity contribution >= 4 is 11.8 Å². The van der Waals surface area contributed by atoms with Gasteiger partial charge < -0.3 is 9.84 Å². The monoisotopic (exact) mass is 655 g/mol. The van der Waals surface area contributed by atoms with Crippen molar-refractivity contribution in [2.45, 2.75) is 132 Å². The Morgan fingerprint density at radius 1 is 0.958 bits per heavy atom. The third-order valence-electron chi connectivity index (χ3n) is 15.4. The second-order valence-corrected chi connectivity index (χ2v) is 18.6. The number of benzene rings is 1. The summed E-state index contributed by atoms with van der Waals surface area (Å²) in [4.78, 5) is 26.4. The summed E-state index contributed by atoms with van der Waals surface area (Å²) < 4.78 is 7.85. The van der Waals surface area contributed by atoms with Crippen LogP contribution in [-0.4, -0.2) is 38.0 Å². The summed E-state index contributed by atoms with van der Waals surface area (Å²) in [5.74, 6) is 1.18. The van der Waals surface area contributed by atoms with Gasteiger partial charge in [0.05, 0.1) is 23.4 Å². The highest BCUT2D eigenvalue weighted by molar-refractivity contribution is 5.94. The van der Waals surface area contributed by atoms with E-state index in [1.165, 1.54) is 18.4 Å². The molecule has 1 aromatic carbocycles. The maximum Gasteiger partial charge on any atom is 0.313 e. The van der Waals surface area contributed by atoms with E-state index in [-0.39, 0.29) is 57.5 Å². The van der Waals surface area contributed by atoms with Crippen LogP contribution in [0.4, 0.5) is 0 Å². The first-order valence-corrected chi connectivity index (χ1v) is 18.6. The number of rotatable bonds is 5. The van der Waals surface area contributed by atoms with Crippen molar-refractivity contribution < 1.29 is 19.4 Å². The SMILES string of the molecule is CC(=O)c1cccc(-n2cc(COC(=O)[C@]34CCC(C)(C)C[C@H]3C3=CC[C@@H]5[C@@]6(C)CC[C@H](O)C(C)(C)[C@@H]6CC[C@@]5(C)[C@]3(C)CC4)nn2)c1. The molecule has 2 aromatic rings. The lowest BCUT2D eigenvalue weighted by Crippen LogP contribution is -2.65.